The van der Waals surface area contributed by atoms with Crippen LogP contribution in [0.2, 0.25) is 0 Å². The summed E-state index contributed by atoms with van der Waals surface area (Å²) in [4.78, 5) is 0. The van der Waals surface area contributed by atoms with Crippen LogP contribution in [0.15, 0.2) is 54.6 Å². The summed E-state index contributed by atoms with van der Waals surface area (Å²) in [6.45, 7) is 4.52. The molecule has 17 heavy (non-hydrogen) atoms. The Labute approximate surface area is 102 Å². The Kier molecular flexibility index (Phi) is 2.15. The maximum absolute atomic E-state index is 2.30. The number of fused-ring (bicyclic) bond motifs is 1. The minimum absolute atomic E-state index is 0.104. The zero-order chi connectivity index (χ0) is 11.9. The lowest BCUT2D eigenvalue weighted by Gasteiger charge is -2.09. The van der Waals surface area contributed by atoms with Crippen LogP contribution in [-0.4, -0.2) is 6.21 Å². The number of nitrogens with zero attached hydrogens (tertiary/aromatic N) is 1. The molecule has 0 radical (unpaired) electrons. The van der Waals surface area contributed by atoms with Gasteiger partial charge < -0.3 is 0 Å². The molecule has 0 unspecified atom stereocenters. The molecular weight excluding hydrogens is 206 g/mol. The maximum atomic E-state index is 2.30. The fourth-order valence-corrected chi connectivity index (χ4v) is 2.49. The van der Waals surface area contributed by atoms with Gasteiger partial charge in [-0.25, -0.2) is 0 Å². The quantitative estimate of drug-likeness (QED) is 0.644. The van der Waals surface area contributed by atoms with Crippen LogP contribution in [0.4, 0.5) is 11.4 Å². The van der Waals surface area contributed by atoms with Crippen LogP contribution < -0.4 is 4.58 Å². The molecule has 0 N–H and O–H groups in total. The molecule has 0 fully saturated rings. The molecule has 0 amide bonds. The molecule has 0 atom stereocenters. The third kappa shape index (κ3) is 1.59. The van der Waals surface area contributed by atoms with Crippen molar-refractivity contribution < 1.29 is 0 Å². The van der Waals surface area contributed by atoms with Crippen LogP contribution in [-0.2, 0) is 5.41 Å². The lowest BCUT2D eigenvalue weighted by atomic mass is 9.87. The lowest BCUT2D eigenvalue weighted by molar-refractivity contribution is 0.752. The third-order valence-corrected chi connectivity index (χ3v) is 3.34. The van der Waals surface area contributed by atoms with Crippen molar-refractivity contribution in [3.05, 3.63) is 60.2 Å². The van der Waals surface area contributed by atoms with Gasteiger partial charge in [-0.2, -0.15) is 4.58 Å². The van der Waals surface area contributed by atoms with Gasteiger partial charge in [-0.15, -0.1) is 0 Å². The molecule has 0 bridgehead atoms. The largest absolute Gasteiger partial charge is 0.215 e. The van der Waals surface area contributed by atoms with E-state index in [1.807, 2.05) is 0 Å². The van der Waals surface area contributed by atoms with Crippen molar-refractivity contribution in [1.29, 1.82) is 0 Å². The molecule has 3 rings (SSSR count). The maximum Gasteiger partial charge on any atom is 0.215 e. The van der Waals surface area contributed by atoms with Crippen molar-refractivity contribution in [2.75, 3.05) is 0 Å². The van der Waals surface area contributed by atoms with Crippen LogP contribution in [0.1, 0.15) is 19.4 Å². The summed E-state index contributed by atoms with van der Waals surface area (Å²) in [6.07, 6.45) is 2.30. The van der Waals surface area contributed by atoms with Gasteiger partial charge in [0.05, 0.1) is 5.41 Å². The Morgan fingerprint density at radius 3 is 2.24 bits per heavy atom. The molecule has 0 aliphatic carbocycles. The predicted molar refractivity (Wildman–Crippen MR) is 73.4 cm³/mol. The molecule has 2 aromatic carbocycles. The first kappa shape index (κ1) is 10.3. The van der Waals surface area contributed by atoms with Crippen molar-refractivity contribution in [3.8, 4) is 0 Å². The van der Waals surface area contributed by atoms with Crippen LogP contribution in [0, 0.1) is 0 Å². The summed E-state index contributed by atoms with van der Waals surface area (Å²) in [7, 11) is 0. The van der Waals surface area contributed by atoms with E-state index in [9.17, 15) is 0 Å². The van der Waals surface area contributed by atoms with Gasteiger partial charge in [-0.3, -0.25) is 0 Å². The minimum atomic E-state index is 0.104. The van der Waals surface area contributed by atoms with Gasteiger partial charge in [0, 0.05) is 23.8 Å². The van der Waals surface area contributed by atoms with E-state index < -0.39 is 0 Å². The van der Waals surface area contributed by atoms with E-state index in [4.69, 9.17) is 0 Å². The summed E-state index contributed by atoms with van der Waals surface area (Å²) < 4.78 is 2.29. The SMILES string of the molecule is CC1(C)C=[N+](c2ccccc2)c2ccccc21. The second-order valence-corrected chi connectivity index (χ2v) is 5.07. The van der Waals surface area contributed by atoms with E-state index in [2.05, 4.69) is 79.2 Å². The highest BCUT2D eigenvalue weighted by Crippen LogP contribution is 2.37. The molecule has 0 saturated heterocycles. The number of para-hydroxylation sites is 2. The van der Waals surface area contributed by atoms with Gasteiger partial charge in [0.15, 0.2) is 6.21 Å². The van der Waals surface area contributed by atoms with Crippen LogP contribution >= 0.6 is 0 Å². The highest BCUT2D eigenvalue weighted by atomic mass is 15.0. The van der Waals surface area contributed by atoms with Crippen molar-refractivity contribution in [2.45, 2.75) is 19.3 Å². The van der Waals surface area contributed by atoms with Crippen LogP contribution in [0.5, 0.6) is 0 Å². The summed E-state index contributed by atoms with van der Waals surface area (Å²) >= 11 is 0. The molecule has 0 aromatic heterocycles. The zero-order valence-corrected chi connectivity index (χ0v) is 10.2. The molecule has 1 heterocycles. The Balaban J connectivity index is 2.21. The van der Waals surface area contributed by atoms with Gasteiger partial charge in [-0.05, 0) is 13.8 Å². The molecule has 2 aromatic rings. The average Bonchev–Trinajstić information content (AvgIpc) is 2.64. The molecule has 0 spiro atoms. The Hall–Kier alpha value is -1.89. The van der Waals surface area contributed by atoms with E-state index >= 15 is 0 Å². The lowest BCUT2D eigenvalue weighted by Crippen LogP contribution is -2.16. The minimum Gasteiger partial charge on any atom is -0.163 e. The zero-order valence-electron chi connectivity index (χ0n) is 10.2. The molecule has 1 aliphatic heterocycles. The van der Waals surface area contributed by atoms with E-state index in [1.54, 1.807) is 0 Å². The van der Waals surface area contributed by atoms with Gasteiger partial charge in [0.1, 0.15) is 0 Å². The standard InChI is InChI=1S/C16H16N/c1-16(2)12-17(13-8-4-3-5-9-13)15-11-7-6-10-14(15)16/h3-12H,1-2H3/q+1. The topological polar surface area (TPSA) is 3.01 Å². The van der Waals surface area contributed by atoms with Crippen LogP contribution in [0.25, 0.3) is 0 Å². The van der Waals surface area contributed by atoms with Gasteiger partial charge in [-0.1, -0.05) is 36.4 Å². The monoisotopic (exact) mass is 222 g/mol. The Morgan fingerprint density at radius 2 is 1.47 bits per heavy atom. The van der Waals surface area contributed by atoms with Gasteiger partial charge in [0.25, 0.3) is 0 Å². The molecule has 1 nitrogen and oxygen atoms in total. The normalized spacial score (nSPS) is 16.5. The van der Waals surface area contributed by atoms with Crippen molar-refractivity contribution in [3.63, 3.8) is 0 Å². The Bertz CT molecular complexity index is 579. The number of hydrogen-bond acceptors (Lipinski definition) is 0. The fourth-order valence-electron chi connectivity index (χ4n) is 2.49. The highest BCUT2D eigenvalue weighted by molar-refractivity contribution is 5.88. The summed E-state index contributed by atoms with van der Waals surface area (Å²) in [6, 6.07) is 19.1. The number of benzene rings is 2. The first-order valence-electron chi connectivity index (χ1n) is 5.98. The first-order chi connectivity index (χ1) is 8.18. The summed E-state index contributed by atoms with van der Waals surface area (Å²) in [5.41, 5.74) is 4.02. The van der Waals surface area contributed by atoms with E-state index in [0.29, 0.717) is 0 Å². The van der Waals surface area contributed by atoms with Crippen molar-refractivity contribution in [2.24, 2.45) is 0 Å². The molecule has 84 valence electrons. The summed E-state index contributed by atoms with van der Waals surface area (Å²) in [5, 5.41) is 0. The number of hydrogen-bond donors (Lipinski definition) is 0. The summed E-state index contributed by atoms with van der Waals surface area (Å²) in [5.74, 6) is 0. The number of rotatable bonds is 1. The molecule has 0 saturated carbocycles. The molecular formula is C16H16N+. The van der Waals surface area contributed by atoms with Crippen LogP contribution in [0.3, 0.4) is 0 Å². The second-order valence-electron chi connectivity index (χ2n) is 5.07. The van der Waals surface area contributed by atoms with Crippen molar-refractivity contribution >= 4 is 17.6 Å². The average molecular weight is 222 g/mol. The van der Waals surface area contributed by atoms with Gasteiger partial charge in [0.2, 0.25) is 11.4 Å². The fraction of sp³-hybridized carbons (Fsp3) is 0.188. The van der Waals surface area contributed by atoms with E-state index in [0.717, 1.165) is 0 Å². The van der Waals surface area contributed by atoms with Crippen molar-refractivity contribution in [1.82, 2.24) is 4.58 Å². The molecule has 1 heteroatoms. The second kappa shape index (κ2) is 3.56. The smallest absolute Gasteiger partial charge is 0.163 e. The predicted octanol–water partition coefficient (Wildman–Crippen LogP) is 3.88. The third-order valence-electron chi connectivity index (χ3n) is 3.34. The van der Waals surface area contributed by atoms with E-state index in [-0.39, 0.29) is 5.41 Å². The highest BCUT2D eigenvalue weighted by Gasteiger charge is 2.37. The van der Waals surface area contributed by atoms with Gasteiger partial charge >= 0.3 is 0 Å². The van der Waals surface area contributed by atoms with E-state index in [1.165, 1.54) is 16.9 Å². The molecule has 1 aliphatic rings. The first-order valence-corrected chi connectivity index (χ1v) is 5.98. The Morgan fingerprint density at radius 1 is 0.824 bits per heavy atom.